The summed E-state index contributed by atoms with van der Waals surface area (Å²) < 4.78 is 17.3. The largest absolute Gasteiger partial charge is 0.381 e. The molecule has 0 aliphatic heterocycles. The number of alkyl halides is 1. The van der Waals surface area contributed by atoms with E-state index in [0.29, 0.717) is 23.5 Å². The Labute approximate surface area is 178 Å². The molecule has 1 spiro atoms. The van der Waals surface area contributed by atoms with Crippen molar-refractivity contribution >= 4 is 29.1 Å². The van der Waals surface area contributed by atoms with Crippen LogP contribution in [-0.2, 0) is 19.0 Å². The first-order chi connectivity index (χ1) is 13.4. The van der Waals surface area contributed by atoms with E-state index in [0.717, 1.165) is 31.4 Å². The number of hydrogen-bond acceptors (Lipinski definition) is 5. The summed E-state index contributed by atoms with van der Waals surface area (Å²) in [5.74, 6) is 2.94. The number of methoxy groups -OCH3 is 2. The molecule has 4 nitrogen and oxygen atoms in total. The smallest absolute Gasteiger partial charge is 0.152 e. The molecule has 0 aromatic carbocycles. The highest BCUT2D eigenvalue weighted by Gasteiger charge is 2.76. The van der Waals surface area contributed by atoms with Crippen LogP contribution in [0.4, 0.5) is 0 Å². The fraction of sp³-hybridized carbons (Fsp3) is 0.955. The molecule has 0 heterocycles. The lowest BCUT2D eigenvalue weighted by molar-refractivity contribution is -0.171. The van der Waals surface area contributed by atoms with Gasteiger partial charge in [0.2, 0.25) is 0 Å². The van der Waals surface area contributed by atoms with Gasteiger partial charge in [-0.1, -0.05) is 6.92 Å². The molecule has 28 heavy (non-hydrogen) atoms. The Morgan fingerprint density at radius 1 is 1.21 bits per heavy atom. The van der Waals surface area contributed by atoms with Crippen LogP contribution in [0.3, 0.4) is 0 Å². The van der Waals surface area contributed by atoms with Crippen LogP contribution in [0.25, 0.3) is 0 Å². The maximum absolute atomic E-state index is 13.9. The highest BCUT2D eigenvalue weighted by atomic mass is 35.5. The fourth-order valence-electron chi connectivity index (χ4n) is 7.50. The summed E-state index contributed by atoms with van der Waals surface area (Å²) in [4.78, 5) is 13.9. The van der Waals surface area contributed by atoms with E-state index < -0.39 is 4.75 Å². The van der Waals surface area contributed by atoms with Crippen LogP contribution in [0, 0.1) is 28.6 Å². The van der Waals surface area contributed by atoms with Crippen LogP contribution in [0.15, 0.2) is 0 Å². The standard InChI is InChI=1S/C22H35ClO4S/c1-14-19(24)20(2,28-10-9-23)12-17(27-13-25-3)22-11-15(22)5-7-21(14)8-6-16(26-4)18(21)22/h14-18H,5-13H2,1-4H3/t14-,15-,16+,17+,18?,20+,21?,22-/m0/s1. The Hall–Kier alpha value is 0.190. The van der Waals surface area contributed by atoms with Gasteiger partial charge in [-0.15, -0.1) is 23.4 Å². The summed E-state index contributed by atoms with van der Waals surface area (Å²) >= 11 is 7.75. The lowest BCUT2D eigenvalue weighted by atomic mass is 9.52. The quantitative estimate of drug-likeness (QED) is 0.438. The zero-order valence-electron chi connectivity index (χ0n) is 17.7. The summed E-state index contributed by atoms with van der Waals surface area (Å²) in [5.41, 5.74) is 0.203. The number of carbonyl (C=O) groups is 1. The number of ether oxygens (including phenoxy) is 3. The van der Waals surface area contributed by atoms with Crippen molar-refractivity contribution in [1.29, 1.82) is 0 Å². The average Bonchev–Trinajstić information content (AvgIpc) is 3.33. The molecule has 0 N–H and O–H groups in total. The maximum atomic E-state index is 13.9. The molecule has 2 unspecified atom stereocenters. The van der Waals surface area contributed by atoms with Crippen LogP contribution in [0.5, 0.6) is 0 Å². The highest BCUT2D eigenvalue weighted by molar-refractivity contribution is 8.01. The van der Waals surface area contributed by atoms with E-state index in [4.69, 9.17) is 25.8 Å². The number of hydrogen-bond donors (Lipinski definition) is 0. The van der Waals surface area contributed by atoms with Gasteiger partial charge in [-0.05, 0) is 62.7 Å². The number of halogens is 1. The molecular formula is C22H35ClO4S. The molecule has 8 atom stereocenters. The van der Waals surface area contributed by atoms with E-state index >= 15 is 0 Å². The predicted octanol–water partition coefficient (Wildman–Crippen LogP) is 4.53. The Morgan fingerprint density at radius 3 is 2.64 bits per heavy atom. The number of rotatable bonds is 7. The predicted molar refractivity (Wildman–Crippen MR) is 113 cm³/mol. The second-order valence-corrected chi connectivity index (χ2v) is 11.7. The molecule has 0 radical (unpaired) electrons. The Kier molecular flexibility index (Phi) is 5.90. The second-order valence-electron chi connectivity index (χ2n) is 9.70. The third-order valence-electron chi connectivity index (χ3n) is 8.76. The molecule has 4 saturated carbocycles. The molecule has 6 heteroatoms. The molecular weight excluding hydrogens is 396 g/mol. The number of carbonyl (C=O) groups excluding carboxylic acids is 1. The van der Waals surface area contributed by atoms with Crippen LogP contribution < -0.4 is 0 Å². The van der Waals surface area contributed by atoms with Gasteiger partial charge in [0.1, 0.15) is 6.79 Å². The molecule has 4 rings (SSSR count). The Morgan fingerprint density at radius 2 is 1.96 bits per heavy atom. The number of Topliss-reactive ketones (excluding diaryl/α,β-unsaturated/α-hetero) is 1. The molecule has 4 aliphatic carbocycles. The minimum Gasteiger partial charge on any atom is -0.381 e. The third-order valence-corrected chi connectivity index (χ3v) is 10.6. The molecule has 160 valence electrons. The first kappa shape index (κ1) is 21.4. The Bertz CT molecular complexity index is 617. The van der Waals surface area contributed by atoms with Gasteiger partial charge >= 0.3 is 0 Å². The lowest BCUT2D eigenvalue weighted by Crippen LogP contribution is -2.58. The van der Waals surface area contributed by atoms with Crippen LogP contribution >= 0.6 is 23.4 Å². The SMILES string of the molecule is COCO[C@@H]1C[C@@](C)(SCCCl)C(=O)[C@H](C)C23CC[C@H]4C[C@]41C2[C@H](OC)CC3. The minimum atomic E-state index is -0.451. The first-order valence-corrected chi connectivity index (χ1v) is 12.3. The van der Waals surface area contributed by atoms with E-state index in [1.165, 1.54) is 12.8 Å². The zero-order valence-corrected chi connectivity index (χ0v) is 19.2. The summed E-state index contributed by atoms with van der Waals surface area (Å²) in [6.45, 7) is 4.63. The lowest BCUT2D eigenvalue weighted by Gasteiger charge is -2.55. The van der Waals surface area contributed by atoms with Gasteiger partial charge in [-0.3, -0.25) is 4.79 Å². The van der Waals surface area contributed by atoms with E-state index in [9.17, 15) is 4.79 Å². The van der Waals surface area contributed by atoms with Gasteiger partial charge in [0.05, 0.1) is 17.0 Å². The summed E-state index contributed by atoms with van der Waals surface area (Å²) in [6, 6.07) is 0. The van der Waals surface area contributed by atoms with E-state index in [-0.39, 0.29) is 35.7 Å². The van der Waals surface area contributed by atoms with Crippen molar-refractivity contribution < 1.29 is 19.0 Å². The van der Waals surface area contributed by atoms with Gasteiger partial charge in [0.25, 0.3) is 0 Å². The summed E-state index contributed by atoms with van der Waals surface area (Å²) in [6.07, 6.45) is 6.80. The van der Waals surface area contributed by atoms with Crippen molar-refractivity contribution in [2.45, 2.75) is 69.3 Å². The number of thioether (sulfide) groups is 1. The highest BCUT2D eigenvalue weighted by Crippen LogP contribution is 2.78. The van der Waals surface area contributed by atoms with E-state index in [1.54, 1.807) is 18.9 Å². The van der Waals surface area contributed by atoms with Gasteiger partial charge in [-0.2, -0.15) is 0 Å². The summed E-state index contributed by atoms with van der Waals surface area (Å²) in [5, 5.41) is 0. The first-order valence-electron chi connectivity index (χ1n) is 10.8. The van der Waals surface area contributed by atoms with Crippen molar-refractivity contribution in [3.8, 4) is 0 Å². The van der Waals surface area contributed by atoms with Crippen molar-refractivity contribution in [1.82, 2.24) is 0 Å². The van der Waals surface area contributed by atoms with Crippen LogP contribution in [0.2, 0.25) is 0 Å². The third kappa shape index (κ3) is 2.94. The monoisotopic (exact) mass is 430 g/mol. The fourth-order valence-corrected chi connectivity index (χ4v) is 8.85. The van der Waals surface area contributed by atoms with Crippen molar-refractivity contribution in [3.63, 3.8) is 0 Å². The molecule has 4 aliphatic rings. The summed E-state index contributed by atoms with van der Waals surface area (Å²) in [7, 11) is 3.53. The molecule has 2 bridgehead atoms. The van der Waals surface area contributed by atoms with Gasteiger partial charge in [0.15, 0.2) is 5.78 Å². The zero-order chi connectivity index (χ0) is 20.2. The van der Waals surface area contributed by atoms with Gasteiger partial charge in [-0.25, -0.2) is 0 Å². The van der Waals surface area contributed by atoms with Gasteiger partial charge in [0, 0.05) is 37.2 Å². The Balaban J connectivity index is 1.79. The van der Waals surface area contributed by atoms with E-state index in [1.807, 2.05) is 7.11 Å². The normalized spacial score (nSPS) is 49.9. The van der Waals surface area contributed by atoms with Gasteiger partial charge < -0.3 is 14.2 Å². The van der Waals surface area contributed by atoms with E-state index in [2.05, 4.69) is 13.8 Å². The molecule has 0 aromatic rings. The molecule has 0 amide bonds. The van der Waals surface area contributed by atoms with Crippen LogP contribution in [-0.4, -0.2) is 55.4 Å². The second kappa shape index (κ2) is 7.71. The van der Waals surface area contributed by atoms with Crippen molar-refractivity contribution in [2.24, 2.45) is 28.6 Å². The number of ketones is 1. The maximum Gasteiger partial charge on any atom is 0.152 e. The molecule has 0 saturated heterocycles. The van der Waals surface area contributed by atoms with Crippen LogP contribution in [0.1, 0.15) is 52.4 Å². The molecule has 4 fully saturated rings. The topological polar surface area (TPSA) is 44.8 Å². The van der Waals surface area contributed by atoms with Crippen molar-refractivity contribution in [3.05, 3.63) is 0 Å². The molecule has 0 aromatic heterocycles. The average molecular weight is 431 g/mol. The minimum absolute atomic E-state index is 0.0437. The van der Waals surface area contributed by atoms with Crippen molar-refractivity contribution in [2.75, 3.05) is 32.6 Å².